The summed E-state index contributed by atoms with van der Waals surface area (Å²) in [6, 6.07) is 6.91. The SMILES string of the molecule is Cc1nn(C)cc1S(=O)(=O)N1CCN(S(=O)(=O)c2ccc(C(C)(C)C)cc2)CC1. The van der Waals surface area contributed by atoms with Gasteiger partial charge in [-0.05, 0) is 30.0 Å². The molecule has 0 saturated carbocycles. The summed E-state index contributed by atoms with van der Waals surface area (Å²) >= 11 is 0. The number of piperazine rings is 1. The molecule has 1 fully saturated rings. The third kappa shape index (κ3) is 4.25. The highest BCUT2D eigenvalue weighted by Crippen LogP contribution is 2.26. The summed E-state index contributed by atoms with van der Waals surface area (Å²) in [5.41, 5.74) is 1.42. The molecule has 1 aromatic carbocycles. The number of nitrogens with zero attached hydrogens (tertiary/aromatic N) is 4. The fraction of sp³-hybridized carbons (Fsp3) is 0.526. The normalized spacial score (nSPS) is 17.6. The van der Waals surface area contributed by atoms with Crippen molar-refractivity contribution in [3.63, 3.8) is 0 Å². The lowest BCUT2D eigenvalue weighted by atomic mass is 9.87. The number of hydrogen-bond donors (Lipinski definition) is 0. The van der Waals surface area contributed by atoms with Gasteiger partial charge < -0.3 is 0 Å². The van der Waals surface area contributed by atoms with Crippen molar-refractivity contribution < 1.29 is 16.8 Å². The minimum absolute atomic E-state index is 0.0628. The molecule has 1 saturated heterocycles. The van der Waals surface area contributed by atoms with Crippen molar-refractivity contribution in [2.24, 2.45) is 7.05 Å². The van der Waals surface area contributed by atoms with E-state index in [2.05, 4.69) is 25.9 Å². The molecule has 10 heteroatoms. The molecule has 0 aliphatic carbocycles. The second kappa shape index (κ2) is 7.50. The minimum atomic E-state index is -3.70. The van der Waals surface area contributed by atoms with Crippen LogP contribution in [0.4, 0.5) is 0 Å². The van der Waals surface area contributed by atoms with Crippen LogP contribution in [0, 0.1) is 6.92 Å². The van der Waals surface area contributed by atoms with E-state index < -0.39 is 20.0 Å². The van der Waals surface area contributed by atoms with Crippen molar-refractivity contribution in [1.82, 2.24) is 18.4 Å². The Bertz CT molecular complexity index is 1090. The molecule has 2 aromatic rings. The van der Waals surface area contributed by atoms with Crippen LogP contribution in [-0.4, -0.2) is 61.4 Å². The van der Waals surface area contributed by atoms with Crippen molar-refractivity contribution in [3.05, 3.63) is 41.7 Å². The maximum absolute atomic E-state index is 13.0. The van der Waals surface area contributed by atoms with E-state index in [1.807, 2.05) is 12.1 Å². The van der Waals surface area contributed by atoms with Gasteiger partial charge in [-0.1, -0.05) is 32.9 Å². The number of rotatable bonds is 4. The van der Waals surface area contributed by atoms with Gasteiger partial charge in [-0.15, -0.1) is 0 Å². The smallest absolute Gasteiger partial charge is 0.246 e. The first-order chi connectivity index (χ1) is 13.3. The zero-order chi connectivity index (χ0) is 21.6. The van der Waals surface area contributed by atoms with Crippen LogP contribution in [-0.2, 0) is 32.5 Å². The maximum Gasteiger partial charge on any atom is 0.246 e. The molecule has 0 atom stereocenters. The fourth-order valence-corrected chi connectivity index (χ4v) is 6.44. The van der Waals surface area contributed by atoms with Gasteiger partial charge in [0, 0.05) is 39.4 Å². The van der Waals surface area contributed by atoms with Crippen LogP contribution >= 0.6 is 0 Å². The molecule has 0 N–H and O–H groups in total. The van der Waals surface area contributed by atoms with Gasteiger partial charge in [-0.3, -0.25) is 4.68 Å². The lowest BCUT2D eigenvalue weighted by molar-refractivity contribution is 0.272. The lowest BCUT2D eigenvalue weighted by Crippen LogP contribution is -2.50. The third-order valence-electron chi connectivity index (χ3n) is 5.14. The highest BCUT2D eigenvalue weighted by atomic mass is 32.2. The molecule has 0 amide bonds. The van der Waals surface area contributed by atoms with Crippen molar-refractivity contribution in [2.75, 3.05) is 26.2 Å². The first kappa shape index (κ1) is 21.9. The lowest BCUT2D eigenvalue weighted by Gasteiger charge is -2.33. The number of sulfonamides is 2. The van der Waals surface area contributed by atoms with Gasteiger partial charge >= 0.3 is 0 Å². The monoisotopic (exact) mass is 440 g/mol. The molecule has 3 rings (SSSR count). The summed E-state index contributed by atoms with van der Waals surface area (Å²) in [4.78, 5) is 0.388. The van der Waals surface area contributed by atoms with Crippen molar-refractivity contribution in [2.45, 2.75) is 42.9 Å². The highest BCUT2D eigenvalue weighted by Gasteiger charge is 2.35. The van der Waals surface area contributed by atoms with Gasteiger partial charge in [-0.2, -0.15) is 13.7 Å². The summed E-state index contributed by atoms with van der Waals surface area (Å²) in [5.74, 6) is 0. The molecular weight excluding hydrogens is 412 g/mol. The molecule has 1 aliphatic heterocycles. The Morgan fingerprint density at radius 3 is 1.76 bits per heavy atom. The average Bonchev–Trinajstić information content (AvgIpc) is 3.00. The van der Waals surface area contributed by atoms with E-state index in [4.69, 9.17) is 0 Å². The topological polar surface area (TPSA) is 92.6 Å². The predicted octanol–water partition coefficient (Wildman–Crippen LogP) is 1.72. The Balaban J connectivity index is 1.75. The first-order valence-electron chi connectivity index (χ1n) is 9.44. The molecular formula is C19H28N4O4S2. The van der Waals surface area contributed by atoms with Crippen LogP contribution in [0.15, 0.2) is 40.3 Å². The molecule has 160 valence electrons. The van der Waals surface area contributed by atoms with Crippen LogP contribution in [0.1, 0.15) is 32.0 Å². The molecule has 29 heavy (non-hydrogen) atoms. The van der Waals surface area contributed by atoms with E-state index in [9.17, 15) is 16.8 Å². The summed E-state index contributed by atoms with van der Waals surface area (Å²) in [6.07, 6.45) is 1.48. The van der Waals surface area contributed by atoms with E-state index in [-0.39, 0.29) is 41.4 Å². The quantitative estimate of drug-likeness (QED) is 0.722. The van der Waals surface area contributed by atoms with E-state index >= 15 is 0 Å². The standard InChI is InChI=1S/C19H28N4O4S2/c1-15-18(14-21(5)20-15)29(26,27)23-12-10-22(11-13-23)28(24,25)17-8-6-16(7-9-17)19(2,3)4/h6-9,14H,10-13H2,1-5H3. The summed E-state index contributed by atoms with van der Waals surface area (Å²) in [7, 11) is -5.70. The fourth-order valence-electron chi connectivity index (χ4n) is 3.40. The van der Waals surface area contributed by atoms with Crippen LogP contribution in [0.25, 0.3) is 0 Å². The maximum atomic E-state index is 13.0. The number of benzene rings is 1. The molecule has 0 spiro atoms. The Morgan fingerprint density at radius 2 is 1.34 bits per heavy atom. The van der Waals surface area contributed by atoms with Gasteiger partial charge in [0.1, 0.15) is 4.90 Å². The van der Waals surface area contributed by atoms with Crippen LogP contribution in [0.2, 0.25) is 0 Å². The summed E-state index contributed by atoms with van der Waals surface area (Å²) in [5, 5.41) is 4.09. The van der Waals surface area contributed by atoms with E-state index in [0.29, 0.717) is 5.69 Å². The predicted molar refractivity (Wildman–Crippen MR) is 111 cm³/mol. The van der Waals surface area contributed by atoms with Crippen LogP contribution in [0.3, 0.4) is 0 Å². The largest absolute Gasteiger partial charge is 0.274 e. The second-order valence-corrected chi connectivity index (χ2v) is 12.2. The Labute approximate surface area is 173 Å². The molecule has 1 aromatic heterocycles. The number of hydrogen-bond acceptors (Lipinski definition) is 5. The molecule has 1 aliphatic rings. The van der Waals surface area contributed by atoms with Crippen molar-refractivity contribution >= 4 is 20.0 Å². The van der Waals surface area contributed by atoms with E-state index in [0.717, 1.165) is 5.56 Å². The van der Waals surface area contributed by atoms with Crippen molar-refractivity contribution in [1.29, 1.82) is 0 Å². The first-order valence-corrected chi connectivity index (χ1v) is 12.3. The average molecular weight is 441 g/mol. The van der Waals surface area contributed by atoms with Crippen molar-refractivity contribution in [3.8, 4) is 0 Å². The van der Waals surface area contributed by atoms with E-state index in [1.165, 1.54) is 19.5 Å². The zero-order valence-corrected chi connectivity index (χ0v) is 19.1. The van der Waals surface area contributed by atoms with Gasteiger partial charge in [0.15, 0.2) is 0 Å². The van der Waals surface area contributed by atoms with Crippen LogP contribution < -0.4 is 0 Å². The third-order valence-corrected chi connectivity index (χ3v) is 9.06. The Morgan fingerprint density at radius 1 is 0.862 bits per heavy atom. The number of aryl methyl sites for hydroxylation is 2. The highest BCUT2D eigenvalue weighted by molar-refractivity contribution is 7.89. The molecule has 0 unspecified atom stereocenters. The summed E-state index contributed by atoms with van der Waals surface area (Å²) < 4.78 is 55.9. The van der Waals surface area contributed by atoms with Gasteiger partial charge in [0.2, 0.25) is 20.0 Å². The Hall–Kier alpha value is -1.75. The number of aromatic nitrogens is 2. The van der Waals surface area contributed by atoms with Gasteiger partial charge in [0.25, 0.3) is 0 Å². The second-order valence-electron chi connectivity index (χ2n) is 8.33. The summed E-state index contributed by atoms with van der Waals surface area (Å²) in [6.45, 7) is 8.30. The van der Waals surface area contributed by atoms with Crippen LogP contribution in [0.5, 0.6) is 0 Å². The molecule has 0 radical (unpaired) electrons. The van der Waals surface area contributed by atoms with Gasteiger partial charge in [-0.25, -0.2) is 16.8 Å². The molecule has 2 heterocycles. The zero-order valence-electron chi connectivity index (χ0n) is 17.5. The minimum Gasteiger partial charge on any atom is -0.274 e. The Kier molecular flexibility index (Phi) is 5.67. The molecule has 0 bridgehead atoms. The van der Waals surface area contributed by atoms with E-state index in [1.54, 1.807) is 26.1 Å². The molecule has 8 nitrogen and oxygen atoms in total. The van der Waals surface area contributed by atoms with Gasteiger partial charge in [0.05, 0.1) is 10.6 Å².